The molecular formula is C21H23N3O2. The molecule has 0 saturated heterocycles. The van der Waals surface area contributed by atoms with E-state index in [9.17, 15) is 4.79 Å². The number of para-hydroxylation sites is 1. The van der Waals surface area contributed by atoms with Gasteiger partial charge in [-0.05, 0) is 43.5 Å². The summed E-state index contributed by atoms with van der Waals surface area (Å²) in [5, 5.41) is 5.15. The molecule has 0 spiro atoms. The summed E-state index contributed by atoms with van der Waals surface area (Å²) >= 11 is 0. The predicted molar refractivity (Wildman–Crippen MR) is 105 cm³/mol. The molecule has 0 fully saturated rings. The molecule has 2 aromatic carbocycles. The van der Waals surface area contributed by atoms with Gasteiger partial charge in [0, 0.05) is 29.7 Å². The van der Waals surface area contributed by atoms with Crippen molar-refractivity contribution < 1.29 is 9.53 Å². The van der Waals surface area contributed by atoms with Crippen LogP contribution in [-0.2, 0) is 11.8 Å². The molecule has 134 valence electrons. The van der Waals surface area contributed by atoms with E-state index >= 15 is 0 Å². The zero-order valence-corrected chi connectivity index (χ0v) is 15.5. The standard InChI is InChI=1S/C21H23N3O2/c1-14-9-10-15(2)21(16(14)3)26-13-20(25)23-22-11-17-12-24(4)19-8-6-5-7-18(17)19/h5-12H,13H2,1-4H3,(H,23,25)/b22-11-. The first kappa shape index (κ1) is 17.7. The molecule has 0 unspecified atom stereocenters. The normalized spacial score (nSPS) is 11.2. The molecule has 0 aliphatic heterocycles. The van der Waals surface area contributed by atoms with Gasteiger partial charge in [-0.2, -0.15) is 5.10 Å². The van der Waals surface area contributed by atoms with Crippen molar-refractivity contribution in [1.82, 2.24) is 9.99 Å². The highest BCUT2D eigenvalue weighted by Gasteiger charge is 2.09. The number of fused-ring (bicyclic) bond motifs is 1. The lowest BCUT2D eigenvalue weighted by Gasteiger charge is -2.13. The van der Waals surface area contributed by atoms with Crippen molar-refractivity contribution in [3.05, 3.63) is 64.8 Å². The Hall–Kier alpha value is -3.08. The van der Waals surface area contributed by atoms with Crippen molar-refractivity contribution in [2.24, 2.45) is 12.1 Å². The van der Waals surface area contributed by atoms with E-state index < -0.39 is 0 Å². The van der Waals surface area contributed by atoms with Crippen LogP contribution in [0.15, 0.2) is 47.7 Å². The minimum absolute atomic E-state index is 0.0714. The number of nitrogens with one attached hydrogen (secondary N) is 1. The Kier molecular flexibility index (Phi) is 5.07. The Balaban J connectivity index is 1.62. The fraction of sp³-hybridized carbons (Fsp3) is 0.238. The van der Waals surface area contributed by atoms with E-state index in [1.54, 1.807) is 6.21 Å². The van der Waals surface area contributed by atoms with E-state index in [4.69, 9.17) is 4.74 Å². The monoisotopic (exact) mass is 349 g/mol. The van der Waals surface area contributed by atoms with E-state index in [1.165, 1.54) is 0 Å². The Morgan fingerprint density at radius 2 is 1.88 bits per heavy atom. The third-order valence-corrected chi connectivity index (χ3v) is 4.54. The van der Waals surface area contributed by atoms with Crippen molar-refractivity contribution in [3.63, 3.8) is 0 Å². The molecule has 1 aromatic heterocycles. The second kappa shape index (κ2) is 7.44. The lowest BCUT2D eigenvalue weighted by molar-refractivity contribution is -0.123. The van der Waals surface area contributed by atoms with E-state index in [1.807, 2.05) is 75.0 Å². The average Bonchev–Trinajstić information content (AvgIpc) is 2.95. The van der Waals surface area contributed by atoms with Gasteiger partial charge in [-0.3, -0.25) is 4.79 Å². The van der Waals surface area contributed by atoms with Crippen LogP contribution in [0.5, 0.6) is 5.75 Å². The van der Waals surface area contributed by atoms with Gasteiger partial charge in [-0.1, -0.05) is 30.3 Å². The third kappa shape index (κ3) is 3.61. The summed E-state index contributed by atoms with van der Waals surface area (Å²) in [6.45, 7) is 5.92. The van der Waals surface area contributed by atoms with Crippen LogP contribution in [0, 0.1) is 20.8 Å². The van der Waals surface area contributed by atoms with Crippen molar-refractivity contribution in [2.75, 3.05) is 6.61 Å². The third-order valence-electron chi connectivity index (χ3n) is 4.54. The number of carbonyl (C=O) groups excluding carboxylic acids is 1. The summed E-state index contributed by atoms with van der Waals surface area (Å²) in [7, 11) is 1.98. The number of aromatic nitrogens is 1. The van der Waals surface area contributed by atoms with Gasteiger partial charge in [0.15, 0.2) is 6.61 Å². The number of rotatable bonds is 5. The van der Waals surface area contributed by atoms with Gasteiger partial charge in [0.25, 0.3) is 5.91 Å². The molecule has 1 amide bonds. The fourth-order valence-corrected chi connectivity index (χ4v) is 2.97. The van der Waals surface area contributed by atoms with Crippen LogP contribution in [0.2, 0.25) is 0 Å². The second-order valence-corrected chi connectivity index (χ2v) is 6.45. The first-order chi connectivity index (χ1) is 12.5. The number of hydrogen-bond acceptors (Lipinski definition) is 3. The van der Waals surface area contributed by atoms with Gasteiger partial charge in [0.1, 0.15) is 5.75 Å². The van der Waals surface area contributed by atoms with Crippen LogP contribution in [0.3, 0.4) is 0 Å². The first-order valence-corrected chi connectivity index (χ1v) is 8.53. The zero-order chi connectivity index (χ0) is 18.7. The molecule has 3 rings (SSSR count). The van der Waals surface area contributed by atoms with Crippen LogP contribution in [0.25, 0.3) is 10.9 Å². The van der Waals surface area contributed by atoms with Gasteiger partial charge < -0.3 is 9.30 Å². The summed E-state index contributed by atoms with van der Waals surface area (Å²) in [5.74, 6) is 0.472. The topological polar surface area (TPSA) is 55.6 Å². The smallest absolute Gasteiger partial charge is 0.277 e. The quantitative estimate of drug-likeness (QED) is 0.565. The van der Waals surface area contributed by atoms with Crippen molar-refractivity contribution in [1.29, 1.82) is 0 Å². The summed E-state index contributed by atoms with van der Waals surface area (Å²) in [5.41, 5.74) is 7.80. The number of hydrogen-bond donors (Lipinski definition) is 1. The maximum Gasteiger partial charge on any atom is 0.277 e. The van der Waals surface area contributed by atoms with Gasteiger partial charge in [0.2, 0.25) is 0 Å². The van der Waals surface area contributed by atoms with Crippen molar-refractivity contribution in [3.8, 4) is 5.75 Å². The molecule has 1 N–H and O–H groups in total. The summed E-state index contributed by atoms with van der Waals surface area (Å²) in [4.78, 5) is 12.0. The largest absolute Gasteiger partial charge is 0.483 e. The van der Waals surface area contributed by atoms with Gasteiger partial charge in [-0.15, -0.1) is 0 Å². The molecule has 0 bridgehead atoms. The molecule has 0 atom stereocenters. The molecule has 5 heteroatoms. The number of ether oxygens (including phenoxy) is 1. The molecule has 1 heterocycles. The number of benzene rings is 2. The Bertz CT molecular complexity index is 986. The van der Waals surface area contributed by atoms with Crippen LogP contribution in [-0.4, -0.2) is 23.3 Å². The molecule has 0 saturated carbocycles. The first-order valence-electron chi connectivity index (χ1n) is 8.53. The maximum absolute atomic E-state index is 12.0. The Morgan fingerprint density at radius 3 is 2.69 bits per heavy atom. The highest BCUT2D eigenvalue weighted by molar-refractivity contribution is 5.99. The maximum atomic E-state index is 12.0. The lowest BCUT2D eigenvalue weighted by atomic mass is 10.1. The number of aryl methyl sites for hydroxylation is 3. The molecule has 3 aromatic rings. The second-order valence-electron chi connectivity index (χ2n) is 6.45. The summed E-state index contributed by atoms with van der Waals surface area (Å²) in [6, 6.07) is 12.1. The van der Waals surface area contributed by atoms with E-state index in [2.05, 4.69) is 10.5 Å². The van der Waals surface area contributed by atoms with Crippen LogP contribution < -0.4 is 10.2 Å². The molecule has 0 aliphatic rings. The average molecular weight is 349 g/mol. The van der Waals surface area contributed by atoms with E-state index in [0.29, 0.717) is 0 Å². The molecule has 0 radical (unpaired) electrons. The molecule has 0 aliphatic carbocycles. The molecule has 26 heavy (non-hydrogen) atoms. The van der Waals surface area contributed by atoms with E-state index in [0.717, 1.165) is 38.9 Å². The summed E-state index contributed by atoms with van der Waals surface area (Å²) in [6.07, 6.45) is 3.64. The van der Waals surface area contributed by atoms with Gasteiger partial charge in [0.05, 0.1) is 6.21 Å². The number of amides is 1. The Morgan fingerprint density at radius 1 is 1.15 bits per heavy atom. The fourth-order valence-electron chi connectivity index (χ4n) is 2.97. The van der Waals surface area contributed by atoms with Crippen LogP contribution in [0.4, 0.5) is 0 Å². The van der Waals surface area contributed by atoms with Crippen LogP contribution >= 0.6 is 0 Å². The van der Waals surface area contributed by atoms with Crippen molar-refractivity contribution in [2.45, 2.75) is 20.8 Å². The number of carbonyl (C=O) groups is 1. The minimum atomic E-state index is -0.290. The molecule has 5 nitrogen and oxygen atoms in total. The molecular weight excluding hydrogens is 326 g/mol. The lowest BCUT2D eigenvalue weighted by Crippen LogP contribution is -2.25. The number of nitrogens with zero attached hydrogens (tertiary/aromatic N) is 2. The summed E-state index contributed by atoms with van der Waals surface area (Å²) < 4.78 is 7.73. The highest BCUT2D eigenvalue weighted by Crippen LogP contribution is 2.25. The van der Waals surface area contributed by atoms with Crippen LogP contribution in [0.1, 0.15) is 22.3 Å². The highest BCUT2D eigenvalue weighted by atomic mass is 16.5. The zero-order valence-electron chi connectivity index (χ0n) is 15.5. The van der Waals surface area contributed by atoms with Crippen molar-refractivity contribution >= 4 is 23.0 Å². The SMILES string of the molecule is Cc1ccc(C)c(OCC(=O)N/N=C\c2cn(C)c3ccccc23)c1C. The minimum Gasteiger partial charge on any atom is -0.483 e. The van der Waals surface area contributed by atoms with Gasteiger partial charge in [-0.25, -0.2) is 5.43 Å². The predicted octanol–water partition coefficient (Wildman–Crippen LogP) is 3.63. The number of hydrazone groups is 1. The van der Waals surface area contributed by atoms with E-state index in [-0.39, 0.29) is 12.5 Å². The van der Waals surface area contributed by atoms with Gasteiger partial charge >= 0.3 is 0 Å². The Labute approximate surface area is 153 Å².